The van der Waals surface area contributed by atoms with Crippen LogP contribution in [0.4, 0.5) is 13.2 Å². The molecule has 2 aromatic rings. The highest BCUT2D eigenvalue weighted by molar-refractivity contribution is 5.79. The summed E-state index contributed by atoms with van der Waals surface area (Å²) in [5, 5.41) is 5.95. The van der Waals surface area contributed by atoms with Crippen LogP contribution in [0.1, 0.15) is 11.1 Å². The Morgan fingerprint density at radius 1 is 1.25 bits per heavy atom. The average molecular weight is 340 g/mol. The summed E-state index contributed by atoms with van der Waals surface area (Å²) in [4.78, 5) is 4.02. The number of aryl methyl sites for hydroxylation is 1. The minimum absolute atomic E-state index is 0.0143. The molecule has 0 saturated carbocycles. The van der Waals surface area contributed by atoms with E-state index in [0.717, 1.165) is 5.56 Å². The minimum atomic E-state index is -3.01. The summed E-state index contributed by atoms with van der Waals surface area (Å²) in [7, 11) is 3.48. The van der Waals surface area contributed by atoms with Crippen LogP contribution < -0.4 is 15.4 Å². The molecule has 0 aliphatic rings. The van der Waals surface area contributed by atoms with Crippen molar-refractivity contribution >= 4 is 5.96 Å². The van der Waals surface area contributed by atoms with Crippen LogP contribution in [-0.2, 0) is 20.1 Å². The zero-order valence-corrected chi connectivity index (χ0v) is 13.4. The molecule has 0 aliphatic heterocycles. The number of ether oxygens (including phenoxy) is 1. The molecular formula is C16H19F3N4O. The third-order valence-corrected chi connectivity index (χ3v) is 3.30. The van der Waals surface area contributed by atoms with E-state index in [1.807, 2.05) is 30.1 Å². The van der Waals surface area contributed by atoms with E-state index in [0.29, 0.717) is 12.5 Å². The van der Waals surface area contributed by atoms with Crippen molar-refractivity contribution in [1.82, 2.24) is 15.2 Å². The van der Waals surface area contributed by atoms with E-state index in [9.17, 15) is 13.2 Å². The monoisotopic (exact) mass is 340 g/mol. The molecular weight excluding hydrogens is 321 g/mol. The van der Waals surface area contributed by atoms with E-state index in [2.05, 4.69) is 20.4 Å². The topological polar surface area (TPSA) is 50.6 Å². The van der Waals surface area contributed by atoms with Crippen molar-refractivity contribution in [2.75, 3.05) is 7.05 Å². The van der Waals surface area contributed by atoms with Gasteiger partial charge in [0.1, 0.15) is 11.6 Å². The second-order valence-corrected chi connectivity index (χ2v) is 5.06. The number of guanidine groups is 1. The summed E-state index contributed by atoms with van der Waals surface area (Å²) in [6.07, 6.45) is 3.87. The Labute approximate surface area is 138 Å². The number of rotatable bonds is 6. The molecule has 1 aromatic carbocycles. The average Bonchev–Trinajstić information content (AvgIpc) is 2.94. The third kappa shape index (κ3) is 4.94. The second-order valence-electron chi connectivity index (χ2n) is 5.06. The quantitative estimate of drug-likeness (QED) is 0.628. The Kier molecular flexibility index (Phi) is 6.11. The molecule has 0 spiro atoms. The van der Waals surface area contributed by atoms with Gasteiger partial charge in [-0.3, -0.25) is 4.99 Å². The van der Waals surface area contributed by atoms with Gasteiger partial charge in [0, 0.05) is 45.1 Å². The Balaban J connectivity index is 1.98. The maximum Gasteiger partial charge on any atom is 0.387 e. The summed E-state index contributed by atoms with van der Waals surface area (Å²) in [6.45, 7) is -2.53. The molecule has 5 nitrogen and oxygen atoms in total. The molecule has 0 unspecified atom stereocenters. The van der Waals surface area contributed by atoms with Gasteiger partial charge >= 0.3 is 6.61 Å². The predicted molar refractivity (Wildman–Crippen MR) is 85.5 cm³/mol. The van der Waals surface area contributed by atoms with Gasteiger partial charge in [0.25, 0.3) is 0 Å². The molecule has 2 rings (SSSR count). The summed E-state index contributed by atoms with van der Waals surface area (Å²) in [6, 6.07) is 5.76. The van der Waals surface area contributed by atoms with E-state index in [1.165, 1.54) is 18.2 Å². The van der Waals surface area contributed by atoms with Crippen molar-refractivity contribution in [2.45, 2.75) is 19.7 Å². The molecule has 2 N–H and O–H groups in total. The number of aliphatic imine (C=N–C) groups is 1. The van der Waals surface area contributed by atoms with Gasteiger partial charge in [-0.1, -0.05) is 6.07 Å². The van der Waals surface area contributed by atoms with Gasteiger partial charge in [-0.15, -0.1) is 0 Å². The standard InChI is InChI=1S/C16H19F3N4O/c1-20-16(21-8-11-6-7-23(2)10-11)22-9-12-13(17)4-3-5-14(12)24-15(18)19/h3-7,10,15H,8-9H2,1-2H3,(H2,20,21,22). The Morgan fingerprint density at radius 3 is 2.62 bits per heavy atom. The number of nitrogens with zero attached hydrogens (tertiary/aromatic N) is 2. The van der Waals surface area contributed by atoms with Crippen LogP contribution in [0.25, 0.3) is 0 Å². The van der Waals surface area contributed by atoms with Crippen LogP contribution in [0, 0.1) is 5.82 Å². The van der Waals surface area contributed by atoms with Gasteiger partial charge in [-0.05, 0) is 23.8 Å². The molecule has 0 amide bonds. The maximum absolute atomic E-state index is 13.9. The number of halogens is 3. The van der Waals surface area contributed by atoms with Crippen molar-refractivity contribution in [3.63, 3.8) is 0 Å². The molecule has 24 heavy (non-hydrogen) atoms. The lowest BCUT2D eigenvalue weighted by Crippen LogP contribution is -2.36. The smallest absolute Gasteiger partial charge is 0.387 e. The predicted octanol–water partition coefficient (Wildman–Crippen LogP) is 2.63. The fourth-order valence-corrected chi connectivity index (χ4v) is 2.16. The van der Waals surface area contributed by atoms with Crippen molar-refractivity contribution in [3.05, 3.63) is 53.6 Å². The fraction of sp³-hybridized carbons (Fsp3) is 0.312. The van der Waals surface area contributed by atoms with Crippen LogP contribution in [-0.4, -0.2) is 24.2 Å². The highest BCUT2D eigenvalue weighted by Crippen LogP contribution is 2.23. The molecule has 1 heterocycles. The van der Waals surface area contributed by atoms with Crippen molar-refractivity contribution in [3.8, 4) is 5.75 Å². The molecule has 1 aromatic heterocycles. The zero-order chi connectivity index (χ0) is 17.5. The molecule has 0 aliphatic carbocycles. The lowest BCUT2D eigenvalue weighted by Gasteiger charge is -2.15. The second kappa shape index (κ2) is 8.28. The van der Waals surface area contributed by atoms with Gasteiger partial charge < -0.3 is 19.9 Å². The van der Waals surface area contributed by atoms with Crippen LogP contribution in [0.15, 0.2) is 41.7 Å². The summed E-state index contributed by atoms with van der Waals surface area (Å²) in [5.74, 6) is -0.403. The van der Waals surface area contributed by atoms with Crippen LogP contribution in [0.5, 0.6) is 5.75 Å². The first-order valence-corrected chi connectivity index (χ1v) is 7.27. The number of alkyl halides is 2. The van der Waals surface area contributed by atoms with Gasteiger partial charge in [-0.25, -0.2) is 4.39 Å². The minimum Gasteiger partial charge on any atom is -0.434 e. The number of hydrogen-bond acceptors (Lipinski definition) is 2. The van der Waals surface area contributed by atoms with Gasteiger partial charge in [0.05, 0.1) is 0 Å². The first kappa shape index (κ1) is 17.7. The first-order chi connectivity index (χ1) is 11.5. The molecule has 0 bridgehead atoms. The summed E-state index contributed by atoms with van der Waals surface area (Å²) < 4.78 is 45.0. The molecule has 8 heteroatoms. The largest absolute Gasteiger partial charge is 0.434 e. The van der Waals surface area contributed by atoms with Crippen molar-refractivity contribution in [1.29, 1.82) is 0 Å². The summed E-state index contributed by atoms with van der Waals surface area (Å²) in [5.41, 5.74) is 1.06. The van der Waals surface area contributed by atoms with Crippen LogP contribution in [0.3, 0.4) is 0 Å². The van der Waals surface area contributed by atoms with Crippen LogP contribution >= 0.6 is 0 Å². The Bertz CT molecular complexity index is 700. The number of benzene rings is 1. The molecule has 0 atom stereocenters. The fourth-order valence-electron chi connectivity index (χ4n) is 2.16. The number of nitrogens with one attached hydrogen (secondary N) is 2. The van der Waals surface area contributed by atoms with E-state index in [4.69, 9.17) is 0 Å². The van der Waals surface area contributed by atoms with Gasteiger partial charge in [0.2, 0.25) is 0 Å². The highest BCUT2D eigenvalue weighted by Gasteiger charge is 2.14. The van der Waals surface area contributed by atoms with Gasteiger partial charge in [-0.2, -0.15) is 8.78 Å². The zero-order valence-electron chi connectivity index (χ0n) is 13.4. The first-order valence-electron chi connectivity index (χ1n) is 7.27. The number of aromatic nitrogens is 1. The Hall–Kier alpha value is -2.64. The lowest BCUT2D eigenvalue weighted by molar-refractivity contribution is -0.0506. The normalized spacial score (nSPS) is 11.7. The van der Waals surface area contributed by atoms with E-state index < -0.39 is 12.4 Å². The van der Waals surface area contributed by atoms with Gasteiger partial charge in [0.15, 0.2) is 5.96 Å². The molecule has 130 valence electrons. The van der Waals surface area contributed by atoms with E-state index in [-0.39, 0.29) is 17.9 Å². The van der Waals surface area contributed by atoms with Crippen molar-refractivity contribution < 1.29 is 17.9 Å². The summed E-state index contributed by atoms with van der Waals surface area (Å²) >= 11 is 0. The third-order valence-electron chi connectivity index (χ3n) is 3.30. The number of hydrogen-bond donors (Lipinski definition) is 2. The van der Waals surface area contributed by atoms with E-state index in [1.54, 1.807) is 7.05 Å². The van der Waals surface area contributed by atoms with Crippen LogP contribution in [0.2, 0.25) is 0 Å². The maximum atomic E-state index is 13.9. The molecule has 0 radical (unpaired) electrons. The van der Waals surface area contributed by atoms with E-state index >= 15 is 0 Å². The van der Waals surface area contributed by atoms with Crippen molar-refractivity contribution in [2.24, 2.45) is 12.0 Å². The Morgan fingerprint density at radius 2 is 2.00 bits per heavy atom. The molecule has 0 saturated heterocycles. The lowest BCUT2D eigenvalue weighted by atomic mass is 10.2. The molecule has 0 fully saturated rings. The SMILES string of the molecule is CN=C(NCc1ccn(C)c1)NCc1c(F)cccc1OC(F)F. The highest BCUT2D eigenvalue weighted by atomic mass is 19.3.